The summed E-state index contributed by atoms with van der Waals surface area (Å²) in [6.45, 7) is 2.56. The molecule has 2 aromatic carbocycles. The minimum absolute atomic E-state index is 0.000305. The van der Waals surface area contributed by atoms with Crippen LogP contribution in [0.3, 0.4) is 0 Å². The fourth-order valence-corrected chi connectivity index (χ4v) is 6.92. The summed E-state index contributed by atoms with van der Waals surface area (Å²) in [4.78, 5) is 5.78. The molecule has 0 bridgehead atoms. The molecule has 37 heavy (non-hydrogen) atoms. The fourth-order valence-electron chi connectivity index (χ4n) is 3.95. The first-order chi connectivity index (χ1) is 17.5. The van der Waals surface area contributed by atoms with Gasteiger partial charge < -0.3 is 4.74 Å². The van der Waals surface area contributed by atoms with Crippen molar-refractivity contribution in [2.45, 2.75) is 10.1 Å². The van der Waals surface area contributed by atoms with E-state index in [0.29, 0.717) is 31.3 Å². The molecule has 1 aliphatic rings. The van der Waals surface area contributed by atoms with Crippen LogP contribution < -0.4 is 4.72 Å². The summed E-state index contributed by atoms with van der Waals surface area (Å²) in [5.74, 6) is -2.13. The van der Waals surface area contributed by atoms with Crippen molar-refractivity contribution in [1.82, 2.24) is 9.88 Å². The van der Waals surface area contributed by atoms with Gasteiger partial charge in [-0.1, -0.05) is 11.6 Å². The van der Waals surface area contributed by atoms with Gasteiger partial charge in [0.15, 0.2) is 9.84 Å². The van der Waals surface area contributed by atoms with E-state index in [9.17, 15) is 25.6 Å². The average Bonchev–Trinajstić information content (AvgIpc) is 2.86. The molecule has 13 heteroatoms. The first-order valence-corrected chi connectivity index (χ1v) is 14.8. The number of benzene rings is 2. The molecule has 3 aromatic rings. The summed E-state index contributed by atoms with van der Waals surface area (Å²) >= 11 is 5.89. The van der Waals surface area contributed by atoms with E-state index in [1.54, 1.807) is 0 Å². The Hall–Kier alpha value is -2.64. The Bertz CT molecular complexity index is 1470. The van der Waals surface area contributed by atoms with Gasteiger partial charge in [0.25, 0.3) is 0 Å². The van der Waals surface area contributed by atoms with Gasteiger partial charge in [-0.25, -0.2) is 30.6 Å². The third-order valence-electron chi connectivity index (χ3n) is 5.82. The highest BCUT2D eigenvalue weighted by Crippen LogP contribution is 2.37. The van der Waals surface area contributed by atoms with Crippen LogP contribution in [0.1, 0.15) is 16.4 Å². The second-order valence-corrected chi connectivity index (χ2v) is 12.7. The molecule has 1 saturated heterocycles. The SMILES string of the molecule is O=S(=O)(CCN1CCOCC1)Nc1cc(C(c2cc(F)ccc2F)S(=O)(=O)c2ccc(Cl)cc2)ccn1. The van der Waals surface area contributed by atoms with Crippen LogP contribution in [0.2, 0.25) is 5.02 Å². The molecule has 0 saturated carbocycles. The average molecular weight is 572 g/mol. The van der Waals surface area contributed by atoms with Crippen molar-refractivity contribution in [3.63, 3.8) is 0 Å². The normalized spacial score (nSPS) is 15.9. The van der Waals surface area contributed by atoms with Gasteiger partial charge in [-0.2, -0.15) is 0 Å². The first-order valence-electron chi connectivity index (χ1n) is 11.3. The monoisotopic (exact) mass is 571 g/mol. The van der Waals surface area contributed by atoms with Crippen LogP contribution in [0.4, 0.5) is 14.6 Å². The predicted molar refractivity (Wildman–Crippen MR) is 136 cm³/mol. The van der Waals surface area contributed by atoms with E-state index < -0.39 is 42.3 Å². The van der Waals surface area contributed by atoms with Crippen molar-refractivity contribution in [2.75, 3.05) is 43.3 Å². The number of rotatable bonds is 9. The van der Waals surface area contributed by atoms with Gasteiger partial charge in [-0.05, 0) is 60.2 Å². The fraction of sp³-hybridized carbons (Fsp3) is 0.292. The molecule has 1 aliphatic heterocycles. The Morgan fingerprint density at radius 2 is 1.70 bits per heavy atom. The number of hydrogen-bond donors (Lipinski definition) is 1. The van der Waals surface area contributed by atoms with E-state index in [1.165, 1.54) is 42.6 Å². The molecular formula is C24H24ClF2N3O5S2. The molecule has 1 atom stereocenters. The third kappa shape index (κ3) is 6.82. The number of halogens is 3. The van der Waals surface area contributed by atoms with Crippen LogP contribution in [-0.4, -0.2) is 65.3 Å². The molecule has 1 unspecified atom stereocenters. The summed E-state index contributed by atoms with van der Waals surface area (Å²) in [5, 5.41) is -1.39. The molecular weight excluding hydrogens is 548 g/mol. The molecule has 0 spiro atoms. The van der Waals surface area contributed by atoms with Crippen LogP contribution in [-0.2, 0) is 24.6 Å². The van der Waals surface area contributed by atoms with Gasteiger partial charge >= 0.3 is 0 Å². The Kier molecular flexibility index (Phi) is 8.44. The van der Waals surface area contributed by atoms with E-state index in [0.717, 1.165) is 18.2 Å². The van der Waals surface area contributed by atoms with Crippen LogP contribution in [0.5, 0.6) is 0 Å². The molecule has 0 amide bonds. The Morgan fingerprint density at radius 1 is 1.00 bits per heavy atom. The third-order valence-corrected chi connectivity index (χ3v) is 9.39. The highest BCUT2D eigenvalue weighted by Gasteiger charge is 2.34. The summed E-state index contributed by atoms with van der Waals surface area (Å²) in [6.07, 6.45) is 1.21. The minimum atomic E-state index is -4.34. The number of anilines is 1. The zero-order valence-electron chi connectivity index (χ0n) is 19.5. The summed E-state index contributed by atoms with van der Waals surface area (Å²) in [5.41, 5.74) is -0.428. The zero-order valence-corrected chi connectivity index (χ0v) is 21.9. The quantitative estimate of drug-likeness (QED) is 0.418. The van der Waals surface area contributed by atoms with E-state index >= 15 is 0 Å². The number of sulfonamides is 1. The first kappa shape index (κ1) is 27.4. The molecule has 1 aromatic heterocycles. The number of nitrogens with one attached hydrogen (secondary N) is 1. The zero-order chi connectivity index (χ0) is 26.6. The molecule has 0 radical (unpaired) electrons. The maximum absolute atomic E-state index is 14.9. The van der Waals surface area contributed by atoms with Crippen LogP contribution in [0, 0.1) is 11.6 Å². The van der Waals surface area contributed by atoms with Gasteiger partial charge in [0.1, 0.15) is 22.7 Å². The molecule has 4 rings (SSSR count). The lowest BCUT2D eigenvalue weighted by molar-refractivity contribution is 0.0408. The lowest BCUT2D eigenvalue weighted by Crippen LogP contribution is -2.39. The number of sulfone groups is 1. The van der Waals surface area contributed by atoms with Gasteiger partial charge in [0.2, 0.25) is 10.0 Å². The topological polar surface area (TPSA) is 106 Å². The number of morpholine rings is 1. The van der Waals surface area contributed by atoms with Gasteiger partial charge in [-0.15, -0.1) is 0 Å². The number of ether oxygens (including phenoxy) is 1. The smallest absolute Gasteiger partial charge is 0.235 e. The van der Waals surface area contributed by atoms with Gasteiger partial charge in [0.05, 0.1) is 23.9 Å². The summed E-state index contributed by atoms with van der Waals surface area (Å²) in [6, 6.07) is 10.3. The second-order valence-electron chi connectivity index (χ2n) is 8.39. The minimum Gasteiger partial charge on any atom is -0.379 e. The summed E-state index contributed by atoms with van der Waals surface area (Å²) in [7, 11) is -8.18. The van der Waals surface area contributed by atoms with Crippen molar-refractivity contribution >= 4 is 37.3 Å². The highest BCUT2D eigenvalue weighted by molar-refractivity contribution is 7.92. The van der Waals surface area contributed by atoms with Crippen molar-refractivity contribution in [3.05, 3.63) is 88.6 Å². The van der Waals surface area contributed by atoms with E-state index in [2.05, 4.69) is 9.71 Å². The van der Waals surface area contributed by atoms with Crippen molar-refractivity contribution < 1.29 is 30.4 Å². The van der Waals surface area contributed by atoms with Crippen molar-refractivity contribution in [1.29, 1.82) is 0 Å². The van der Waals surface area contributed by atoms with Crippen LogP contribution in [0.25, 0.3) is 0 Å². The van der Waals surface area contributed by atoms with Crippen LogP contribution in [0.15, 0.2) is 65.7 Å². The Labute approximate surface area is 219 Å². The lowest BCUT2D eigenvalue weighted by Gasteiger charge is -2.26. The largest absolute Gasteiger partial charge is 0.379 e. The number of pyridine rings is 1. The van der Waals surface area contributed by atoms with Gasteiger partial charge in [-0.3, -0.25) is 9.62 Å². The van der Waals surface area contributed by atoms with Gasteiger partial charge in [0, 0.05) is 36.4 Å². The van der Waals surface area contributed by atoms with E-state index in [4.69, 9.17) is 16.3 Å². The Morgan fingerprint density at radius 3 is 2.41 bits per heavy atom. The van der Waals surface area contributed by atoms with E-state index in [-0.39, 0.29) is 28.6 Å². The maximum atomic E-state index is 14.9. The summed E-state index contributed by atoms with van der Waals surface area (Å²) < 4.78 is 89.3. The molecule has 198 valence electrons. The highest BCUT2D eigenvalue weighted by atomic mass is 35.5. The standard InChI is InChI=1S/C24H24ClF2N3O5S2/c25-18-1-4-20(5-2-18)37(33,34)24(21-16-19(26)3-6-22(21)27)17-7-8-28-23(15-17)29-36(31,32)14-11-30-9-12-35-13-10-30/h1-8,15-16,24H,9-14H2,(H,28,29). The molecule has 0 aliphatic carbocycles. The molecule has 1 fully saturated rings. The van der Waals surface area contributed by atoms with Crippen molar-refractivity contribution in [3.8, 4) is 0 Å². The molecule has 1 N–H and O–H groups in total. The predicted octanol–water partition coefficient (Wildman–Crippen LogP) is 3.65. The number of nitrogens with zero attached hydrogens (tertiary/aromatic N) is 2. The number of aromatic nitrogens is 1. The lowest BCUT2D eigenvalue weighted by atomic mass is 10.0. The second kappa shape index (κ2) is 11.4. The number of hydrogen-bond acceptors (Lipinski definition) is 7. The molecule has 2 heterocycles. The molecule has 8 nitrogen and oxygen atoms in total. The maximum Gasteiger partial charge on any atom is 0.235 e. The van der Waals surface area contributed by atoms with Crippen molar-refractivity contribution in [2.24, 2.45) is 0 Å². The van der Waals surface area contributed by atoms with E-state index in [1.807, 2.05) is 4.90 Å². The van der Waals surface area contributed by atoms with Crippen LogP contribution >= 0.6 is 11.6 Å². The Balaban J connectivity index is 1.68.